The number of furan rings is 1. The number of fused-ring (bicyclic) bond motifs is 7. The Morgan fingerprint density at radius 1 is 0.309 bits per heavy atom. The zero-order valence-corrected chi connectivity index (χ0v) is 29.6. The first kappa shape index (κ1) is 31.1. The van der Waals surface area contributed by atoms with Gasteiger partial charge in [-0.2, -0.15) is 0 Å². The second-order valence-corrected chi connectivity index (χ2v) is 14.0. The van der Waals surface area contributed by atoms with E-state index in [9.17, 15) is 0 Å². The summed E-state index contributed by atoms with van der Waals surface area (Å²) in [5.74, 6) is 1.88. The largest absolute Gasteiger partial charge is 0.455 e. The summed E-state index contributed by atoms with van der Waals surface area (Å²) >= 11 is 0. The van der Waals surface area contributed by atoms with Crippen LogP contribution in [0.3, 0.4) is 0 Å². The summed E-state index contributed by atoms with van der Waals surface area (Å²) in [7, 11) is 0. The lowest BCUT2D eigenvalue weighted by Gasteiger charge is -2.14. The lowest BCUT2D eigenvalue weighted by molar-refractivity contribution is 0.673. The quantitative estimate of drug-likeness (QED) is 0.179. The van der Waals surface area contributed by atoms with E-state index in [2.05, 4.69) is 176 Å². The molecule has 0 atom stereocenters. The summed E-state index contributed by atoms with van der Waals surface area (Å²) in [6.07, 6.45) is 0. The minimum Gasteiger partial charge on any atom is -0.455 e. The molecule has 0 saturated carbocycles. The molecule has 0 amide bonds. The minimum absolute atomic E-state index is 0.618. The summed E-state index contributed by atoms with van der Waals surface area (Å²) < 4.78 is 6.65. The molecule has 11 rings (SSSR count). The Labute approximate surface area is 317 Å². The molecule has 0 aliphatic heterocycles. The van der Waals surface area contributed by atoms with Crippen molar-refractivity contribution in [3.05, 3.63) is 188 Å². The van der Waals surface area contributed by atoms with Crippen LogP contribution in [-0.2, 0) is 0 Å². The van der Waals surface area contributed by atoms with Gasteiger partial charge in [0.25, 0.3) is 0 Å². The van der Waals surface area contributed by atoms with E-state index >= 15 is 0 Å². The molecular weight excluding hydrogens is 671 g/mol. The van der Waals surface area contributed by atoms with Crippen LogP contribution < -0.4 is 0 Å². The van der Waals surface area contributed by atoms with Gasteiger partial charge in [0.15, 0.2) is 17.5 Å². The van der Waals surface area contributed by atoms with Crippen molar-refractivity contribution in [2.45, 2.75) is 0 Å². The first-order valence-corrected chi connectivity index (χ1v) is 18.5. The normalized spacial score (nSPS) is 11.6. The van der Waals surface area contributed by atoms with E-state index in [-0.39, 0.29) is 0 Å². The molecule has 0 unspecified atom stereocenters. The number of benzene rings is 9. The summed E-state index contributed by atoms with van der Waals surface area (Å²) in [5.41, 5.74) is 9.04. The van der Waals surface area contributed by atoms with Crippen LogP contribution in [-0.4, -0.2) is 15.0 Å². The van der Waals surface area contributed by atoms with Gasteiger partial charge >= 0.3 is 0 Å². The second kappa shape index (κ2) is 12.6. The van der Waals surface area contributed by atoms with Gasteiger partial charge in [-0.05, 0) is 79.5 Å². The Hall–Kier alpha value is -7.43. The van der Waals surface area contributed by atoms with E-state index < -0.39 is 0 Å². The molecule has 0 N–H and O–H groups in total. The first-order valence-electron chi connectivity index (χ1n) is 18.5. The summed E-state index contributed by atoms with van der Waals surface area (Å²) in [6, 6.07) is 65.8. The fourth-order valence-electron chi connectivity index (χ4n) is 7.98. The van der Waals surface area contributed by atoms with Crippen LogP contribution in [0.25, 0.3) is 111 Å². The van der Waals surface area contributed by atoms with E-state index in [1.807, 2.05) is 12.1 Å². The number of nitrogens with zero attached hydrogens (tertiary/aromatic N) is 3. The third kappa shape index (κ3) is 5.34. The van der Waals surface area contributed by atoms with Gasteiger partial charge in [-0.3, -0.25) is 0 Å². The molecule has 256 valence electrons. The van der Waals surface area contributed by atoms with E-state index in [0.717, 1.165) is 82.4 Å². The third-order valence-corrected chi connectivity index (χ3v) is 10.7. The molecule has 0 aliphatic carbocycles. The average molecular weight is 702 g/mol. The maximum atomic E-state index is 6.65. The molecule has 0 bridgehead atoms. The van der Waals surface area contributed by atoms with Gasteiger partial charge in [-0.25, -0.2) is 15.0 Å². The molecule has 2 aromatic heterocycles. The standard InChI is InChI=1S/C51H31N3O/c1-2-14-34(15-3-1)41-21-11-22-43-44(31-45-42-20-8-9-23-46(42)55-48(45)47(41)43)37-18-10-19-38(30-37)49-52-50(39-26-24-32-12-4-6-16-35(32)28-39)54-51(53-49)40-27-25-33-13-5-7-17-36(33)29-40/h1-31H. The van der Waals surface area contributed by atoms with Gasteiger partial charge in [-0.1, -0.05) is 158 Å². The predicted molar refractivity (Wildman–Crippen MR) is 227 cm³/mol. The lowest BCUT2D eigenvalue weighted by atomic mass is 9.90. The average Bonchev–Trinajstić information content (AvgIpc) is 3.64. The van der Waals surface area contributed by atoms with Crippen molar-refractivity contribution in [2.75, 3.05) is 0 Å². The third-order valence-electron chi connectivity index (χ3n) is 10.7. The summed E-state index contributed by atoms with van der Waals surface area (Å²) in [4.78, 5) is 15.4. The van der Waals surface area contributed by atoms with Gasteiger partial charge in [0.1, 0.15) is 11.2 Å². The highest BCUT2D eigenvalue weighted by Gasteiger charge is 2.19. The fourth-order valence-corrected chi connectivity index (χ4v) is 7.98. The monoisotopic (exact) mass is 701 g/mol. The van der Waals surface area contributed by atoms with Crippen molar-refractivity contribution in [3.63, 3.8) is 0 Å². The highest BCUT2D eigenvalue weighted by molar-refractivity contribution is 6.22. The Morgan fingerprint density at radius 2 is 0.836 bits per heavy atom. The van der Waals surface area contributed by atoms with Crippen LogP contribution in [0.2, 0.25) is 0 Å². The predicted octanol–water partition coefficient (Wildman–Crippen LogP) is 13.6. The van der Waals surface area contributed by atoms with Crippen LogP contribution in [0.1, 0.15) is 0 Å². The van der Waals surface area contributed by atoms with Crippen molar-refractivity contribution in [2.24, 2.45) is 0 Å². The van der Waals surface area contributed by atoms with Gasteiger partial charge in [-0.15, -0.1) is 0 Å². The smallest absolute Gasteiger partial charge is 0.164 e. The van der Waals surface area contributed by atoms with Crippen LogP contribution >= 0.6 is 0 Å². The number of hydrogen-bond acceptors (Lipinski definition) is 4. The van der Waals surface area contributed by atoms with Crippen molar-refractivity contribution in [3.8, 4) is 56.4 Å². The molecule has 4 nitrogen and oxygen atoms in total. The van der Waals surface area contributed by atoms with E-state index in [1.165, 1.54) is 10.8 Å². The maximum Gasteiger partial charge on any atom is 0.164 e. The Kier molecular flexibility index (Phi) is 7.14. The Balaban J connectivity index is 1.13. The van der Waals surface area contributed by atoms with Gasteiger partial charge < -0.3 is 4.42 Å². The molecule has 0 fully saturated rings. The van der Waals surface area contributed by atoms with E-state index in [4.69, 9.17) is 19.4 Å². The highest BCUT2D eigenvalue weighted by atomic mass is 16.3. The summed E-state index contributed by atoms with van der Waals surface area (Å²) in [6.45, 7) is 0. The first-order chi connectivity index (χ1) is 27.2. The van der Waals surface area contributed by atoms with Crippen molar-refractivity contribution in [1.82, 2.24) is 15.0 Å². The van der Waals surface area contributed by atoms with Crippen molar-refractivity contribution < 1.29 is 4.42 Å². The van der Waals surface area contributed by atoms with Crippen LogP contribution in [0.5, 0.6) is 0 Å². The maximum absolute atomic E-state index is 6.65. The van der Waals surface area contributed by atoms with Crippen LogP contribution in [0.15, 0.2) is 192 Å². The van der Waals surface area contributed by atoms with Gasteiger partial charge in [0.05, 0.1) is 0 Å². The zero-order valence-electron chi connectivity index (χ0n) is 29.6. The summed E-state index contributed by atoms with van der Waals surface area (Å²) in [5, 5.41) is 9.03. The Bertz CT molecular complexity index is 3180. The molecule has 55 heavy (non-hydrogen) atoms. The van der Waals surface area contributed by atoms with E-state index in [1.54, 1.807) is 0 Å². The zero-order chi connectivity index (χ0) is 36.3. The molecule has 2 heterocycles. The molecule has 9 aromatic carbocycles. The topological polar surface area (TPSA) is 51.8 Å². The van der Waals surface area contributed by atoms with Crippen molar-refractivity contribution >= 4 is 54.3 Å². The number of aromatic nitrogens is 3. The second-order valence-electron chi connectivity index (χ2n) is 14.0. The minimum atomic E-state index is 0.618. The number of hydrogen-bond donors (Lipinski definition) is 0. The highest BCUT2D eigenvalue weighted by Crippen LogP contribution is 2.44. The molecule has 0 radical (unpaired) electrons. The van der Waals surface area contributed by atoms with Crippen LogP contribution in [0.4, 0.5) is 0 Å². The van der Waals surface area contributed by atoms with E-state index in [0.29, 0.717) is 17.5 Å². The molecule has 0 aliphatic rings. The number of para-hydroxylation sites is 1. The molecule has 0 spiro atoms. The molecule has 4 heteroatoms. The van der Waals surface area contributed by atoms with Crippen molar-refractivity contribution in [1.29, 1.82) is 0 Å². The fraction of sp³-hybridized carbons (Fsp3) is 0. The lowest BCUT2D eigenvalue weighted by Crippen LogP contribution is -2.00. The number of rotatable bonds is 5. The Morgan fingerprint density at radius 3 is 1.53 bits per heavy atom. The van der Waals surface area contributed by atoms with Crippen LogP contribution in [0, 0.1) is 0 Å². The van der Waals surface area contributed by atoms with Gasteiger partial charge in [0.2, 0.25) is 0 Å². The molecule has 0 saturated heterocycles. The molecule has 11 aromatic rings. The van der Waals surface area contributed by atoms with Gasteiger partial charge in [0, 0.05) is 32.8 Å². The SMILES string of the molecule is c1ccc(-c2cccc3c(-c4cccc(-c5nc(-c6ccc7ccccc7c6)nc(-c6ccc7ccccc7c6)n5)c4)cc4c5ccccc5oc4c23)cc1. The molecular formula is C51H31N3O.